The van der Waals surface area contributed by atoms with Crippen LogP contribution in [0.25, 0.3) is 0 Å². The van der Waals surface area contributed by atoms with Gasteiger partial charge in [-0.05, 0) is 50.0 Å². The number of carbonyl (C=O) groups is 1. The number of nitrogens with one attached hydrogen (secondary N) is 2. The van der Waals surface area contributed by atoms with Gasteiger partial charge in [-0.3, -0.25) is 0 Å². The standard InChI is InChI=1S/C16H18ClN3O/c1-20(2)11-12-5-3-4-6-15(12)19-16(21)18-14-9-7-13(17)8-10-14/h3-10H,11H2,1-2H3,(H2,18,19,21). The van der Waals surface area contributed by atoms with E-state index < -0.39 is 0 Å². The number of halogens is 1. The molecule has 0 saturated heterocycles. The molecule has 2 rings (SSSR count). The number of hydrogen-bond donors (Lipinski definition) is 2. The van der Waals surface area contributed by atoms with Gasteiger partial charge in [0, 0.05) is 22.9 Å². The Labute approximate surface area is 129 Å². The number of nitrogens with zero attached hydrogens (tertiary/aromatic N) is 1. The highest BCUT2D eigenvalue weighted by Gasteiger charge is 2.07. The van der Waals surface area contributed by atoms with Crippen LogP contribution in [0.3, 0.4) is 0 Å². The number of hydrogen-bond acceptors (Lipinski definition) is 2. The van der Waals surface area contributed by atoms with Crippen molar-refractivity contribution in [2.24, 2.45) is 0 Å². The van der Waals surface area contributed by atoms with Gasteiger partial charge in [-0.1, -0.05) is 29.8 Å². The molecule has 0 radical (unpaired) electrons. The van der Waals surface area contributed by atoms with Gasteiger partial charge in [0.2, 0.25) is 0 Å². The van der Waals surface area contributed by atoms with E-state index >= 15 is 0 Å². The number of carbonyl (C=O) groups excluding carboxylic acids is 1. The minimum atomic E-state index is -0.275. The van der Waals surface area contributed by atoms with E-state index in [-0.39, 0.29) is 6.03 Å². The highest BCUT2D eigenvalue weighted by atomic mass is 35.5. The van der Waals surface area contributed by atoms with E-state index in [1.54, 1.807) is 24.3 Å². The van der Waals surface area contributed by atoms with Crippen LogP contribution >= 0.6 is 11.6 Å². The van der Waals surface area contributed by atoms with Crippen LogP contribution in [0.15, 0.2) is 48.5 Å². The van der Waals surface area contributed by atoms with Crippen LogP contribution in [0.4, 0.5) is 16.2 Å². The number of benzene rings is 2. The molecule has 0 aliphatic carbocycles. The smallest absolute Gasteiger partial charge is 0.308 e. The highest BCUT2D eigenvalue weighted by molar-refractivity contribution is 6.30. The Bertz CT molecular complexity index is 611. The fraction of sp³-hybridized carbons (Fsp3) is 0.188. The molecule has 2 aromatic carbocycles. The van der Waals surface area contributed by atoms with E-state index in [1.807, 2.05) is 38.4 Å². The van der Waals surface area contributed by atoms with Crippen molar-refractivity contribution in [3.05, 3.63) is 59.1 Å². The van der Waals surface area contributed by atoms with E-state index in [1.165, 1.54) is 0 Å². The molecule has 110 valence electrons. The van der Waals surface area contributed by atoms with E-state index in [0.717, 1.165) is 17.8 Å². The van der Waals surface area contributed by atoms with Crippen LogP contribution < -0.4 is 10.6 Å². The highest BCUT2D eigenvalue weighted by Crippen LogP contribution is 2.17. The van der Waals surface area contributed by atoms with Crippen molar-refractivity contribution < 1.29 is 4.79 Å². The Morgan fingerprint density at radius 3 is 2.38 bits per heavy atom. The molecule has 0 atom stereocenters. The Balaban J connectivity index is 2.04. The minimum Gasteiger partial charge on any atom is -0.308 e. The van der Waals surface area contributed by atoms with Gasteiger partial charge >= 0.3 is 6.03 Å². The fourth-order valence-electron chi connectivity index (χ4n) is 1.94. The summed E-state index contributed by atoms with van der Waals surface area (Å²) in [7, 11) is 3.98. The lowest BCUT2D eigenvalue weighted by Gasteiger charge is -2.15. The topological polar surface area (TPSA) is 44.4 Å². The quantitative estimate of drug-likeness (QED) is 0.895. The van der Waals surface area contributed by atoms with Gasteiger partial charge in [0.25, 0.3) is 0 Å². The van der Waals surface area contributed by atoms with Gasteiger partial charge in [-0.15, -0.1) is 0 Å². The lowest BCUT2D eigenvalue weighted by Crippen LogP contribution is -2.21. The second kappa shape index (κ2) is 7.11. The maximum absolute atomic E-state index is 12.0. The van der Waals surface area contributed by atoms with Gasteiger partial charge in [-0.2, -0.15) is 0 Å². The largest absolute Gasteiger partial charge is 0.323 e. The van der Waals surface area contributed by atoms with E-state index in [9.17, 15) is 4.79 Å². The number of amides is 2. The summed E-state index contributed by atoms with van der Waals surface area (Å²) in [6.07, 6.45) is 0. The van der Waals surface area contributed by atoms with Crippen LogP contribution in [0, 0.1) is 0 Å². The number of rotatable bonds is 4. The predicted octanol–water partition coefficient (Wildman–Crippen LogP) is 4.05. The third kappa shape index (κ3) is 4.77. The van der Waals surface area contributed by atoms with Crippen molar-refractivity contribution in [1.29, 1.82) is 0 Å². The van der Waals surface area contributed by atoms with Crippen LogP contribution in [0.2, 0.25) is 5.02 Å². The second-order valence-corrected chi connectivity index (χ2v) is 5.42. The van der Waals surface area contributed by atoms with Crippen LogP contribution in [-0.2, 0) is 6.54 Å². The summed E-state index contributed by atoms with van der Waals surface area (Å²) in [6, 6.07) is 14.5. The molecule has 0 aromatic heterocycles. The molecule has 21 heavy (non-hydrogen) atoms. The zero-order valence-electron chi connectivity index (χ0n) is 12.1. The summed E-state index contributed by atoms with van der Waals surface area (Å²) < 4.78 is 0. The molecule has 4 nitrogen and oxygen atoms in total. The summed E-state index contributed by atoms with van der Waals surface area (Å²) in [5, 5.41) is 6.28. The molecule has 0 unspecified atom stereocenters. The average molecular weight is 304 g/mol. The molecule has 0 aliphatic heterocycles. The number of urea groups is 1. The molecule has 0 fully saturated rings. The van der Waals surface area contributed by atoms with Crippen LogP contribution in [0.1, 0.15) is 5.56 Å². The van der Waals surface area contributed by atoms with Crippen molar-refractivity contribution in [2.75, 3.05) is 24.7 Å². The van der Waals surface area contributed by atoms with Gasteiger partial charge in [0.15, 0.2) is 0 Å². The fourth-order valence-corrected chi connectivity index (χ4v) is 2.06. The molecule has 5 heteroatoms. The summed E-state index contributed by atoms with van der Waals surface area (Å²) in [5.41, 5.74) is 2.56. The number of anilines is 2. The molecule has 2 N–H and O–H groups in total. The molecule has 0 aliphatic rings. The first kappa shape index (κ1) is 15.4. The average Bonchev–Trinajstić information content (AvgIpc) is 2.43. The summed E-state index contributed by atoms with van der Waals surface area (Å²) >= 11 is 5.81. The molecule has 0 bridgehead atoms. The molecule has 0 spiro atoms. The van der Waals surface area contributed by atoms with Gasteiger partial charge in [0.1, 0.15) is 0 Å². The van der Waals surface area contributed by atoms with Crippen LogP contribution in [0.5, 0.6) is 0 Å². The summed E-state index contributed by atoms with van der Waals surface area (Å²) in [6.45, 7) is 0.761. The Kier molecular flexibility index (Phi) is 5.20. The molecule has 0 saturated carbocycles. The summed E-state index contributed by atoms with van der Waals surface area (Å²) in [5.74, 6) is 0. The maximum atomic E-state index is 12.0. The first-order chi connectivity index (χ1) is 10.0. The van der Waals surface area contributed by atoms with Gasteiger partial charge in [-0.25, -0.2) is 4.79 Å². The van der Waals surface area contributed by atoms with Gasteiger partial charge in [0.05, 0.1) is 0 Å². The molecule has 2 aromatic rings. The monoisotopic (exact) mass is 303 g/mol. The van der Waals surface area contributed by atoms with Crippen molar-refractivity contribution in [2.45, 2.75) is 6.54 Å². The Hall–Kier alpha value is -2.04. The lowest BCUT2D eigenvalue weighted by atomic mass is 10.1. The van der Waals surface area contributed by atoms with Crippen molar-refractivity contribution in [1.82, 2.24) is 4.90 Å². The maximum Gasteiger partial charge on any atom is 0.323 e. The lowest BCUT2D eigenvalue weighted by molar-refractivity contribution is 0.262. The summed E-state index contributed by atoms with van der Waals surface area (Å²) in [4.78, 5) is 14.1. The Morgan fingerprint density at radius 1 is 1.05 bits per heavy atom. The molecule has 0 heterocycles. The SMILES string of the molecule is CN(C)Cc1ccccc1NC(=O)Nc1ccc(Cl)cc1. The van der Waals surface area contributed by atoms with E-state index in [0.29, 0.717) is 10.7 Å². The predicted molar refractivity (Wildman–Crippen MR) is 87.9 cm³/mol. The van der Waals surface area contributed by atoms with Crippen molar-refractivity contribution in [3.63, 3.8) is 0 Å². The van der Waals surface area contributed by atoms with Crippen molar-refractivity contribution >= 4 is 29.0 Å². The van der Waals surface area contributed by atoms with Gasteiger partial charge < -0.3 is 15.5 Å². The zero-order valence-corrected chi connectivity index (χ0v) is 12.8. The zero-order chi connectivity index (χ0) is 15.2. The second-order valence-electron chi connectivity index (χ2n) is 4.98. The molecular formula is C16H18ClN3O. The third-order valence-electron chi connectivity index (χ3n) is 2.85. The van der Waals surface area contributed by atoms with E-state index in [2.05, 4.69) is 15.5 Å². The third-order valence-corrected chi connectivity index (χ3v) is 3.11. The number of para-hydroxylation sites is 1. The first-order valence-electron chi connectivity index (χ1n) is 6.61. The van der Waals surface area contributed by atoms with Crippen LogP contribution in [-0.4, -0.2) is 25.0 Å². The van der Waals surface area contributed by atoms with Crippen molar-refractivity contribution in [3.8, 4) is 0 Å². The minimum absolute atomic E-state index is 0.275. The Morgan fingerprint density at radius 2 is 1.71 bits per heavy atom. The molecular weight excluding hydrogens is 286 g/mol. The normalized spacial score (nSPS) is 10.5. The first-order valence-corrected chi connectivity index (χ1v) is 6.98. The van der Waals surface area contributed by atoms with E-state index in [4.69, 9.17) is 11.6 Å². The molecule has 2 amide bonds.